The van der Waals surface area contributed by atoms with E-state index in [-0.39, 0.29) is 0 Å². The number of hydrogen-bond acceptors (Lipinski definition) is 1. The first-order chi connectivity index (χ1) is 6.22. The molecule has 0 spiro atoms. The lowest BCUT2D eigenvalue weighted by Gasteiger charge is -2.04. The van der Waals surface area contributed by atoms with Gasteiger partial charge in [0, 0.05) is 9.11 Å². The summed E-state index contributed by atoms with van der Waals surface area (Å²) in [5, 5.41) is 0.486. The van der Waals surface area contributed by atoms with Crippen LogP contribution >= 0.6 is 45.8 Å². The molecule has 0 aromatic heterocycles. The van der Waals surface area contributed by atoms with Crippen molar-refractivity contribution in [2.45, 2.75) is 0 Å². The van der Waals surface area contributed by atoms with Crippen molar-refractivity contribution < 1.29 is 4.74 Å². The maximum atomic E-state index is 5.65. The molecule has 0 heterocycles. The number of benzene rings is 1. The average molecular weight is 329 g/mol. The minimum absolute atomic E-state index is 0.311. The SMILES string of the molecule is ClC=C(Cl)COc1ccc(I)cc1. The number of halogens is 3. The van der Waals surface area contributed by atoms with Crippen molar-refractivity contribution in [3.8, 4) is 5.75 Å². The summed E-state index contributed by atoms with van der Waals surface area (Å²) in [7, 11) is 0. The number of rotatable bonds is 3. The monoisotopic (exact) mass is 328 g/mol. The molecule has 0 amide bonds. The quantitative estimate of drug-likeness (QED) is 0.762. The van der Waals surface area contributed by atoms with Crippen LogP contribution < -0.4 is 4.74 Å². The van der Waals surface area contributed by atoms with Crippen molar-refractivity contribution in [1.29, 1.82) is 0 Å². The zero-order valence-electron chi connectivity index (χ0n) is 6.64. The fourth-order valence-corrected chi connectivity index (χ4v) is 1.19. The zero-order valence-corrected chi connectivity index (χ0v) is 10.3. The Morgan fingerprint density at radius 2 is 2.00 bits per heavy atom. The van der Waals surface area contributed by atoms with Gasteiger partial charge in [-0.05, 0) is 46.9 Å². The summed E-state index contributed by atoms with van der Waals surface area (Å²) in [6.45, 7) is 0.311. The predicted octanol–water partition coefficient (Wildman–Crippen LogP) is 3.99. The maximum absolute atomic E-state index is 5.65. The molecule has 70 valence electrons. The first-order valence-electron chi connectivity index (χ1n) is 3.55. The molecule has 0 bridgehead atoms. The zero-order chi connectivity index (χ0) is 9.68. The Morgan fingerprint density at radius 1 is 1.38 bits per heavy atom. The lowest BCUT2D eigenvalue weighted by Crippen LogP contribution is -1.96. The van der Waals surface area contributed by atoms with Gasteiger partial charge in [0.05, 0.1) is 5.03 Å². The summed E-state index contributed by atoms with van der Waals surface area (Å²) in [5.74, 6) is 0.789. The standard InChI is InChI=1S/C9H7Cl2IO/c10-5-7(11)6-13-9-3-1-8(12)2-4-9/h1-5H,6H2. The Labute approximate surface area is 101 Å². The predicted molar refractivity (Wildman–Crippen MR) is 64.4 cm³/mol. The fraction of sp³-hybridized carbons (Fsp3) is 0.111. The smallest absolute Gasteiger partial charge is 0.125 e. The van der Waals surface area contributed by atoms with Gasteiger partial charge in [-0.3, -0.25) is 0 Å². The summed E-state index contributed by atoms with van der Waals surface area (Å²) >= 11 is 13.2. The molecule has 0 fully saturated rings. The number of ether oxygens (including phenoxy) is 1. The number of hydrogen-bond donors (Lipinski definition) is 0. The van der Waals surface area contributed by atoms with Crippen molar-refractivity contribution in [2.24, 2.45) is 0 Å². The Hall–Kier alpha value is 0.0700. The third-order valence-corrected chi connectivity index (χ3v) is 2.62. The van der Waals surface area contributed by atoms with E-state index in [9.17, 15) is 0 Å². The van der Waals surface area contributed by atoms with Crippen LogP contribution in [0.1, 0.15) is 0 Å². The van der Waals surface area contributed by atoms with E-state index in [2.05, 4.69) is 22.6 Å². The lowest BCUT2D eigenvalue weighted by atomic mass is 10.3. The Bertz CT molecular complexity index is 295. The van der Waals surface area contributed by atoms with Gasteiger partial charge in [-0.25, -0.2) is 0 Å². The van der Waals surface area contributed by atoms with E-state index in [0.29, 0.717) is 11.6 Å². The average Bonchev–Trinajstić information content (AvgIpc) is 2.16. The first kappa shape index (κ1) is 11.1. The summed E-state index contributed by atoms with van der Waals surface area (Å²) in [6, 6.07) is 7.71. The van der Waals surface area contributed by atoms with Crippen LogP contribution in [-0.4, -0.2) is 6.61 Å². The summed E-state index contributed by atoms with van der Waals surface area (Å²) in [5.41, 5.74) is 1.30. The van der Waals surface area contributed by atoms with E-state index in [1.165, 1.54) is 9.11 Å². The largest absolute Gasteiger partial charge is 0.488 e. The van der Waals surface area contributed by atoms with E-state index >= 15 is 0 Å². The molecule has 0 radical (unpaired) electrons. The van der Waals surface area contributed by atoms with Crippen LogP contribution in [0.5, 0.6) is 5.75 Å². The highest BCUT2D eigenvalue weighted by Crippen LogP contribution is 2.15. The highest BCUT2D eigenvalue weighted by atomic mass is 127. The molecule has 1 rings (SSSR count). The molecule has 0 N–H and O–H groups in total. The van der Waals surface area contributed by atoms with Gasteiger partial charge in [0.1, 0.15) is 12.4 Å². The van der Waals surface area contributed by atoms with Gasteiger partial charge >= 0.3 is 0 Å². The molecule has 1 nitrogen and oxygen atoms in total. The van der Waals surface area contributed by atoms with E-state index in [4.69, 9.17) is 27.9 Å². The van der Waals surface area contributed by atoms with Gasteiger partial charge in [-0.15, -0.1) is 0 Å². The highest BCUT2D eigenvalue weighted by Gasteiger charge is 1.95. The molecule has 0 unspecified atom stereocenters. The van der Waals surface area contributed by atoms with E-state index < -0.39 is 0 Å². The molecular formula is C9H7Cl2IO. The van der Waals surface area contributed by atoms with Crippen molar-refractivity contribution in [2.75, 3.05) is 6.61 Å². The molecular weight excluding hydrogens is 322 g/mol. The van der Waals surface area contributed by atoms with Crippen LogP contribution in [-0.2, 0) is 0 Å². The normalized spacial score (nSPS) is 11.5. The van der Waals surface area contributed by atoms with Crippen LogP contribution in [0.15, 0.2) is 34.8 Å². The van der Waals surface area contributed by atoms with E-state index in [0.717, 1.165) is 5.75 Å². The topological polar surface area (TPSA) is 9.23 Å². The van der Waals surface area contributed by atoms with Crippen LogP contribution in [0.4, 0.5) is 0 Å². The van der Waals surface area contributed by atoms with Crippen LogP contribution in [0.25, 0.3) is 0 Å². The van der Waals surface area contributed by atoms with Crippen molar-refractivity contribution in [3.63, 3.8) is 0 Å². The van der Waals surface area contributed by atoms with E-state index in [1.807, 2.05) is 24.3 Å². The van der Waals surface area contributed by atoms with Crippen molar-refractivity contribution >= 4 is 45.8 Å². The molecule has 1 aromatic rings. The third kappa shape index (κ3) is 4.20. The van der Waals surface area contributed by atoms with Gasteiger partial charge in [0.15, 0.2) is 0 Å². The minimum Gasteiger partial charge on any atom is -0.488 e. The van der Waals surface area contributed by atoms with Gasteiger partial charge in [-0.1, -0.05) is 23.2 Å². The maximum Gasteiger partial charge on any atom is 0.125 e. The molecule has 0 saturated carbocycles. The molecule has 0 atom stereocenters. The second-order valence-electron chi connectivity index (χ2n) is 2.30. The summed E-state index contributed by atoms with van der Waals surface area (Å²) in [6.07, 6.45) is 0. The van der Waals surface area contributed by atoms with E-state index in [1.54, 1.807) is 0 Å². The van der Waals surface area contributed by atoms with Crippen LogP contribution in [0.3, 0.4) is 0 Å². The van der Waals surface area contributed by atoms with Crippen molar-refractivity contribution in [1.82, 2.24) is 0 Å². The second kappa shape index (κ2) is 5.73. The Kier molecular flexibility index (Phi) is 4.91. The highest BCUT2D eigenvalue weighted by molar-refractivity contribution is 14.1. The molecule has 0 aliphatic carbocycles. The van der Waals surface area contributed by atoms with Gasteiger partial charge in [0.2, 0.25) is 0 Å². The Morgan fingerprint density at radius 3 is 2.54 bits per heavy atom. The molecule has 0 saturated heterocycles. The molecule has 4 heteroatoms. The third-order valence-electron chi connectivity index (χ3n) is 1.31. The molecule has 0 aliphatic heterocycles. The molecule has 1 aromatic carbocycles. The Balaban J connectivity index is 2.51. The first-order valence-corrected chi connectivity index (χ1v) is 5.45. The summed E-state index contributed by atoms with van der Waals surface area (Å²) in [4.78, 5) is 0. The minimum atomic E-state index is 0.311. The fourth-order valence-electron chi connectivity index (χ4n) is 0.715. The van der Waals surface area contributed by atoms with Crippen LogP contribution in [0.2, 0.25) is 0 Å². The molecule has 13 heavy (non-hydrogen) atoms. The van der Waals surface area contributed by atoms with Gasteiger partial charge in [-0.2, -0.15) is 0 Å². The summed E-state index contributed by atoms with van der Waals surface area (Å²) < 4.78 is 6.50. The second-order valence-corrected chi connectivity index (χ2v) is 4.25. The van der Waals surface area contributed by atoms with Gasteiger partial charge < -0.3 is 4.74 Å². The lowest BCUT2D eigenvalue weighted by molar-refractivity contribution is 0.359. The van der Waals surface area contributed by atoms with Crippen LogP contribution in [0, 0.1) is 3.57 Å². The van der Waals surface area contributed by atoms with Gasteiger partial charge in [0.25, 0.3) is 0 Å². The molecule has 0 aliphatic rings. The van der Waals surface area contributed by atoms with Crippen molar-refractivity contribution in [3.05, 3.63) is 38.4 Å².